The van der Waals surface area contributed by atoms with Crippen molar-refractivity contribution in [3.8, 4) is 5.88 Å². The summed E-state index contributed by atoms with van der Waals surface area (Å²) < 4.78 is 5.04. The van der Waals surface area contributed by atoms with Crippen LogP contribution in [0.25, 0.3) is 0 Å². The first kappa shape index (κ1) is 15.0. The molecule has 0 saturated carbocycles. The number of nitrogens with one attached hydrogen (secondary N) is 2. The standard InChI is InChI=1S/C15H21N5O/c1-4-12-19-13(16-5-2)8-14(20-12)17-9-11-6-7-15(21-3)18-10-11/h6-8,10H,4-5,9H2,1-3H3,(H2,16,17,19,20). The largest absolute Gasteiger partial charge is 0.481 e. The van der Waals surface area contributed by atoms with Crippen LogP contribution in [0.1, 0.15) is 25.2 Å². The highest BCUT2D eigenvalue weighted by Gasteiger charge is 2.03. The highest BCUT2D eigenvalue weighted by Crippen LogP contribution is 2.13. The van der Waals surface area contributed by atoms with E-state index in [1.807, 2.05) is 32.0 Å². The number of ether oxygens (including phenoxy) is 1. The summed E-state index contributed by atoms with van der Waals surface area (Å²) >= 11 is 0. The molecule has 0 unspecified atom stereocenters. The first-order valence-electron chi connectivity index (χ1n) is 7.09. The number of rotatable bonds is 7. The Hall–Kier alpha value is -2.37. The quantitative estimate of drug-likeness (QED) is 0.815. The fourth-order valence-electron chi connectivity index (χ4n) is 1.85. The number of hydrogen-bond acceptors (Lipinski definition) is 6. The van der Waals surface area contributed by atoms with E-state index in [1.54, 1.807) is 13.3 Å². The molecule has 2 N–H and O–H groups in total. The lowest BCUT2D eigenvalue weighted by Gasteiger charge is -2.10. The molecule has 0 fully saturated rings. The molecule has 0 bridgehead atoms. The Morgan fingerprint density at radius 1 is 1.10 bits per heavy atom. The molecule has 6 nitrogen and oxygen atoms in total. The molecule has 112 valence electrons. The monoisotopic (exact) mass is 287 g/mol. The van der Waals surface area contributed by atoms with Crippen molar-refractivity contribution in [2.45, 2.75) is 26.8 Å². The molecular formula is C15H21N5O. The number of anilines is 2. The Bertz CT molecular complexity index is 571. The average Bonchev–Trinajstić information content (AvgIpc) is 2.53. The third kappa shape index (κ3) is 4.30. The third-order valence-corrected chi connectivity index (χ3v) is 2.93. The number of pyridine rings is 1. The molecule has 21 heavy (non-hydrogen) atoms. The SMILES string of the molecule is CCNc1cc(NCc2ccc(OC)nc2)nc(CC)n1. The van der Waals surface area contributed by atoms with Crippen molar-refractivity contribution >= 4 is 11.6 Å². The first-order chi connectivity index (χ1) is 10.2. The minimum atomic E-state index is 0.614. The van der Waals surface area contributed by atoms with Crippen molar-refractivity contribution in [2.75, 3.05) is 24.3 Å². The Labute approximate surface area is 125 Å². The Morgan fingerprint density at radius 2 is 1.86 bits per heavy atom. The Morgan fingerprint density at radius 3 is 2.43 bits per heavy atom. The van der Waals surface area contributed by atoms with Crippen molar-refractivity contribution in [3.05, 3.63) is 35.8 Å². The van der Waals surface area contributed by atoms with Crippen LogP contribution in [0, 0.1) is 0 Å². The summed E-state index contributed by atoms with van der Waals surface area (Å²) in [5.74, 6) is 3.10. The van der Waals surface area contributed by atoms with E-state index in [4.69, 9.17) is 4.74 Å². The molecule has 6 heteroatoms. The highest BCUT2D eigenvalue weighted by atomic mass is 16.5. The van der Waals surface area contributed by atoms with Gasteiger partial charge in [0.25, 0.3) is 0 Å². The van der Waals surface area contributed by atoms with Crippen LogP contribution in [-0.2, 0) is 13.0 Å². The van der Waals surface area contributed by atoms with Gasteiger partial charge in [0.2, 0.25) is 5.88 Å². The van der Waals surface area contributed by atoms with Crippen LogP contribution in [-0.4, -0.2) is 28.6 Å². The van der Waals surface area contributed by atoms with Crippen LogP contribution in [0.4, 0.5) is 11.6 Å². The molecule has 0 aromatic carbocycles. The van der Waals surface area contributed by atoms with Gasteiger partial charge in [-0.2, -0.15) is 0 Å². The van der Waals surface area contributed by atoms with E-state index in [2.05, 4.69) is 25.6 Å². The fraction of sp³-hybridized carbons (Fsp3) is 0.400. The second kappa shape index (κ2) is 7.42. The van der Waals surface area contributed by atoms with Crippen LogP contribution in [0.2, 0.25) is 0 Å². The molecule has 0 radical (unpaired) electrons. The predicted octanol–water partition coefficient (Wildman–Crippen LogP) is 2.49. The minimum absolute atomic E-state index is 0.614. The average molecular weight is 287 g/mol. The highest BCUT2D eigenvalue weighted by molar-refractivity contribution is 5.47. The van der Waals surface area contributed by atoms with Crippen molar-refractivity contribution < 1.29 is 4.74 Å². The number of hydrogen-bond donors (Lipinski definition) is 2. The molecule has 2 aromatic heterocycles. The maximum absolute atomic E-state index is 5.04. The molecule has 0 amide bonds. The van der Waals surface area contributed by atoms with Gasteiger partial charge in [-0.1, -0.05) is 13.0 Å². The molecule has 0 aliphatic rings. The van der Waals surface area contributed by atoms with E-state index in [0.29, 0.717) is 12.4 Å². The maximum Gasteiger partial charge on any atom is 0.212 e. The van der Waals surface area contributed by atoms with Gasteiger partial charge in [0.1, 0.15) is 17.5 Å². The maximum atomic E-state index is 5.04. The molecule has 2 rings (SSSR count). The van der Waals surface area contributed by atoms with E-state index in [-0.39, 0.29) is 0 Å². The van der Waals surface area contributed by atoms with Gasteiger partial charge in [-0.05, 0) is 12.5 Å². The molecule has 0 spiro atoms. The van der Waals surface area contributed by atoms with Crippen LogP contribution in [0.5, 0.6) is 5.88 Å². The van der Waals surface area contributed by atoms with E-state index in [1.165, 1.54) is 0 Å². The van der Waals surface area contributed by atoms with Gasteiger partial charge in [-0.3, -0.25) is 0 Å². The van der Waals surface area contributed by atoms with Gasteiger partial charge < -0.3 is 15.4 Å². The van der Waals surface area contributed by atoms with E-state index < -0.39 is 0 Å². The number of nitrogens with zero attached hydrogens (tertiary/aromatic N) is 3. The van der Waals surface area contributed by atoms with Crippen LogP contribution < -0.4 is 15.4 Å². The van der Waals surface area contributed by atoms with Gasteiger partial charge in [-0.25, -0.2) is 15.0 Å². The summed E-state index contributed by atoms with van der Waals surface area (Å²) in [7, 11) is 1.61. The Kier molecular flexibility index (Phi) is 5.31. The predicted molar refractivity (Wildman–Crippen MR) is 83.7 cm³/mol. The van der Waals surface area contributed by atoms with Crippen molar-refractivity contribution in [1.82, 2.24) is 15.0 Å². The smallest absolute Gasteiger partial charge is 0.212 e. The zero-order chi connectivity index (χ0) is 15.1. The van der Waals surface area contributed by atoms with Crippen LogP contribution >= 0.6 is 0 Å². The lowest BCUT2D eigenvalue weighted by molar-refractivity contribution is 0.397. The molecular weight excluding hydrogens is 266 g/mol. The summed E-state index contributed by atoms with van der Waals surface area (Å²) in [4.78, 5) is 13.1. The van der Waals surface area contributed by atoms with E-state index in [9.17, 15) is 0 Å². The Balaban J connectivity index is 2.05. The second-order valence-corrected chi connectivity index (χ2v) is 4.50. The second-order valence-electron chi connectivity index (χ2n) is 4.50. The van der Waals surface area contributed by atoms with Crippen molar-refractivity contribution in [1.29, 1.82) is 0 Å². The van der Waals surface area contributed by atoms with Crippen molar-refractivity contribution in [3.63, 3.8) is 0 Å². The van der Waals surface area contributed by atoms with Gasteiger partial charge in [0, 0.05) is 37.8 Å². The molecule has 2 aromatic rings. The normalized spacial score (nSPS) is 10.2. The molecule has 2 heterocycles. The van der Waals surface area contributed by atoms with Gasteiger partial charge in [0.05, 0.1) is 7.11 Å². The fourth-order valence-corrected chi connectivity index (χ4v) is 1.85. The number of aromatic nitrogens is 3. The molecule has 0 atom stereocenters. The summed E-state index contributed by atoms with van der Waals surface area (Å²) in [6.07, 6.45) is 2.59. The summed E-state index contributed by atoms with van der Waals surface area (Å²) in [5, 5.41) is 6.52. The van der Waals surface area contributed by atoms with Crippen LogP contribution in [0.15, 0.2) is 24.4 Å². The summed E-state index contributed by atoms with van der Waals surface area (Å²) in [5.41, 5.74) is 1.07. The van der Waals surface area contributed by atoms with Crippen molar-refractivity contribution in [2.24, 2.45) is 0 Å². The zero-order valence-electron chi connectivity index (χ0n) is 12.7. The van der Waals surface area contributed by atoms with Crippen LogP contribution in [0.3, 0.4) is 0 Å². The van der Waals surface area contributed by atoms with Gasteiger partial charge in [-0.15, -0.1) is 0 Å². The number of aryl methyl sites for hydroxylation is 1. The number of methoxy groups -OCH3 is 1. The topological polar surface area (TPSA) is 72.0 Å². The molecule has 0 aliphatic heterocycles. The lowest BCUT2D eigenvalue weighted by Crippen LogP contribution is -2.08. The molecule has 0 saturated heterocycles. The molecule has 0 aliphatic carbocycles. The summed E-state index contributed by atoms with van der Waals surface area (Å²) in [6, 6.07) is 5.74. The summed E-state index contributed by atoms with van der Waals surface area (Å²) in [6.45, 7) is 5.58. The van der Waals surface area contributed by atoms with E-state index >= 15 is 0 Å². The first-order valence-corrected chi connectivity index (χ1v) is 7.09. The van der Waals surface area contributed by atoms with Gasteiger partial charge >= 0.3 is 0 Å². The zero-order valence-corrected chi connectivity index (χ0v) is 12.7. The third-order valence-electron chi connectivity index (χ3n) is 2.93. The lowest BCUT2D eigenvalue weighted by atomic mass is 10.3. The van der Waals surface area contributed by atoms with E-state index in [0.717, 1.165) is 36.0 Å². The minimum Gasteiger partial charge on any atom is -0.481 e. The van der Waals surface area contributed by atoms with Gasteiger partial charge in [0.15, 0.2) is 0 Å².